The molecule has 0 saturated heterocycles. The van der Waals surface area contributed by atoms with E-state index in [1.807, 2.05) is 0 Å². The number of hydrogen-bond acceptors (Lipinski definition) is 6. The van der Waals surface area contributed by atoms with Crippen LogP contribution in [0.3, 0.4) is 0 Å². The van der Waals surface area contributed by atoms with Gasteiger partial charge in [-0.15, -0.1) is 0 Å². The molecule has 122 valence electrons. The second kappa shape index (κ2) is 6.03. The van der Waals surface area contributed by atoms with E-state index in [0.717, 1.165) is 6.92 Å². The van der Waals surface area contributed by atoms with Crippen LogP contribution in [-0.4, -0.2) is 40.6 Å². The largest absolute Gasteiger partial charge is 0.523 e. The van der Waals surface area contributed by atoms with E-state index in [1.165, 1.54) is 0 Å². The van der Waals surface area contributed by atoms with Crippen LogP contribution in [-0.2, 0) is 28.6 Å². The Hall–Kier alpha value is -0.600. The van der Waals surface area contributed by atoms with Crippen LogP contribution >= 0.6 is 0 Å². The molecule has 0 fully saturated rings. The molecule has 20 heavy (non-hydrogen) atoms. The maximum atomic E-state index is 11.9. The topological polar surface area (TPSA) is 86.7 Å². The van der Waals surface area contributed by atoms with Crippen molar-refractivity contribution in [3.8, 4) is 0 Å². The van der Waals surface area contributed by atoms with Gasteiger partial charge in [0.1, 0.15) is 0 Å². The highest BCUT2D eigenvalue weighted by Gasteiger charge is 2.49. The predicted octanol–water partition coefficient (Wildman–Crippen LogP) is 1.50. The van der Waals surface area contributed by atoms with Crippen molar-refractivity contribution in [1.29, 1.82) is 0 Å². The van der Waals surface area contributed by atoms with Crippen molar-refractivity contribution in [3.05, 3.63) is 0 Å². The van der Waals surface area contributed by atoms with E-state index in [1.54, 1.807) is 0 Å². The van der Waals surface area contributed by atoms with Gasteiger partial charge in [-0.1, -0.05) is 0 Å². The van der Waals surface area contributed by atoms with Crippen molar-refractivity contribution in [2.24, 2.45) is 0 Å². The number of hydrogen-bond donors (Lipinski definition) is 0. The van der Waals surface area contributed by atoms with Crippen LogP contribution in [0, 0.1) is 0 Å². The second-order valence-electron chi connectivity index (χ2n) is 3.32. The smallest absolute Gasteiger partial charge is 0.263 e. The Labute approximate surface area is 109 Å². The molecule has 1 unspecified atom stereocenters. The normalized spacial score (nSPS) is 16.1. The lowest BCUT2D eigenvalue weighted by molar-refractivity contribution is -0.0584. The van der Waals surface area contributed by atoms with Gasteiger partial charge < -0.3 is 0 Å². The van der Waals surface area contributed by atoms with E-state index in [-0.39, 0.29) is 0 Å². The minimum Gasteiger partial charge on any atom is -0.263 e. The van der Waals surface area contributed by atoms with Gasteiger partial charge in [0.25, 0.3) is 0 Å². The summed E-state index contributed by atoms with van der Waals surface area (Å²) in [6.07, 6.45) is -2.56. The summed E-state index contributed by atoms with van der Waals surface area (Å²) in [5.74, 6) is 0. The Bertz CT molecular complexity index is 517. The van der Waals surface area contributed by atoms with Crippen molar-refractivity contribution < 1.29 is 51.5 Å². The van der Waals surface area contributed by atoms with Crippen molar-refractivity contribution in [2.75, 3.05) is 6.61 Å². The second-order valence-corrected chi connectivity index (χ2v) is 6.49. The fourth-order valence-corrected chi connectivity index (χ4v) is 1.80. The number of alkyl halides is 6. The Kier molecular flexibility index (Phi) is 5.85. The van der Waals surface area contributed by atoms with Gasteiger partial charge in [-0.3, -0.25) is 8.37 Å². The predicted molar refractivity (Wildman–Crippen MR) is 51.1 cm³/mol. The third-order valence-corrected chi connectivity index (χ3v) is 3.81. The van der Waals surface area contributed by atoms with Crippen LogP contribution < -0.4 is 0 Å². The molecule has 0 aromatic rings. The zero-order chi connectivity index (χ0) is 16.4. The first kappa shape index (κ1) is 19.4. The molecule has 0 rings (SSSR count). The highest BCUT2D eigenvalue weighted by molar-refractivity contribution is 7.87. The number of halogens is 6. The highest BCUT2D eigenvalue weighted by Crippen LogP contribution is 2.27. The lowest BCUT2D eigenvalue weighted by Crippen LogP contribution is -2.30. The molecule has 0 aromatic carbocycles. The molecule has 0 aromatic heterocycles. The summed E-state index contributed by atoms with van der Waals surface area (Å²) in [5, 5.41) is 0. The van der Waals surface area contributed by atoms with E-state index >= 15 is 0 Å². The first-order chi connectivity index (χ1) is 8.60. The maximum absolute atomic E-state index is 11.9. The molecule has 0 spiro atoms. The third-order valence-electron chi connectivity index (χ3n) is 1.62. The van der Waals surface area contributed by atoms with Crippen LogP contribution in [0.15, 0.2) is 0 Å². The Morgan fingerprint density at radius 3 is 1.65 bits per heavy atom. The summed E-state index contributed by atoms with van der Waals surface area (Å²) in [6.45, 7) is -0.413. The third kappa shape index (κ3) is 5.41. The Morgan fingerprint density at radius 2 is 1.30 bits per heavy atom. The van der Waals surface area contributed by atoms with E-state index < -0.39 is 50.4 Å². The quantitative estimate of drug-likeness (QED) is 0.408. The van der Waals surface area contributed by atoms with Crippen LogP contribution in [0.2, 0.25) is 0 Å². The lowest BCUT2D eigenvalue weighted by atomic mass is 10.3. The zero-order valence-corrected chi connectivity index (χ0v) is 11.2. The molecule has 0 amide bonds. The standard InChI is InChI=1S/C6H8F6O6S2/c1-4(18-20(15,16)6(10,11)12)2-3-17-19(13,14)5(7,8)9/h4H,2-3H2,1H3. The van der Waals surface area contributed by atoms with Gasteiger partial charge >= 0.3 is 31.3 Å². The fourth-order valence-electron chi connectivity index (χ4n) is 0.710. The van der Waals surface area contributed by atoms with Crippen molar-refractivity contribution >= 4 is 20.2 Å². The summed E-state index contributed by atoms with van der Waals surface area (Å²) in [7, 11) is -11.8. The molecule has 0 saturated carbocycles. The Balaban J connectivity index is 4.45. The summed E-state index contributed by atoms with van der Waals surface area (Å²) in [4.78, 5) is 0. The van der Waals surface area contributed by atoms with E-state index in [0.29, 0.717) is 0 Å². The van der Waals surface area contributed by atoms with Crippen molar-refractivity contribution in [3.63, 3.8) is 0 Å². The molecule has 14 heteroatoms. The van der Waals surface area contributed by atoms with Gasteiger partial charge in [-0.2, -0.15) is 43.2 Å². The minimum absolute atomic E-state index is 0.785. The maximum Gasteiger partial charge on any atom is 0.523 e. The molecule has 0 radical (unpaired) electrons. The Morgan fingerprint density at radius 1 is 0.900 bits per heavy atom. The van der Waals surface area contributed by atoms with Gasteiger partial charge in [-0.25, -0.2) is 0 Å². The first-order valence-corrected chi connectivity index (χ1v) is 7.37. The molecule has 1 atom stereocenters. The zero-order valence-electron chi connectivity index (χ0n) is 9.53. The molecule has 0 aliphatic heterocycles. The van der Waals surface area contributed by atoms with Gasteiger partial charge in [0.15, 0.2) is 0 Å². The molecular formula is C6H8F6O6S2. The molecular weight excluding hydrogens is 346 g/mol. The SMILES string of the molecule is CC(CCOS(=O)(=O)C(F)(F)F)OS(=O)(=O)C(F)(F)F. The van der Waals surface area contributed by atoms with Crippen LogP contribution in [0.4, 0.5) is 26.3 Å². The monoisotopic (exact) mass is 354 g/mol. The van der Waals surface area contributed by atoms with Crippen molar-refractivity contribution in [2.45, 2.75) is 30.5 Å². The number of rotatable bonds is 6. The summed E-state index contributed by atoms with van der Waals surface area (Å²) < 4.78 is 120. The molecule has 0 aliphatic rings. The minimum atomic E-state index is -5.92. The average molecular weight is 354 g/mol. The molecule has 0 N–H and O–H groups in total. The van der Waals surface area contributed by atoms with Crippen LogP contribution in [0.5, 0.6) is 0 Å². The molecule has 6 nitrogen and oxygen atoms in total. The van der Waals surface area contributed by atoms with Crippen molar-refractivity contribution in [1.82, 2.24) is 0 Å². The van der Waals surface area contributed by atoms with Gasteiger partial charge in [0.2, 0.25) is 0 Å². The summed E-state index contributed by atoms with van der Waals surface area (Å²) in [5.41, 5.74) is -11.4. The van der Waals surface area contributed by atoms with Crippen LogP contribution in [0.25, 0.3) is 0 Å². The van der Waals surface area contributed by atoms with Gasteiger partial charge in [-0.05, 0) is 13.3 Å². The summed E-state index contributed by atoms with van der Waals surface area (Å²) >= 11 is 0. The van der Waals surface area contributed by atoms with Gasteiger partial charge in [0.05, 0.1) is 12.7 Å². The average Bonchev–Trinajstić information content (AvgIpc) is 2.12. The molecule has 0 aliphatic carbocycles. The van der Waals surface area contributed by atoms with Gasteiger partial charge in [0, 0.05) is 0 Å². The van der Waals surface area contributed by atoms with E-state index in [4.69, 9.17) is 0 Å². The lowest BCUT2D eigenvalue weighted by Gasteiger charge is -2.14. The highest BCUT2D eigenvalue weighted by atomic mass is 32.2. The molecule has 0 heterocycles. The first-order valence-electron chi connectivity index (χ1n) is 4.55. The van der Waals surface area contributed by atoms with E-state index in [2.05, 4.69) is 8.37 Å². The fraction of sp³-hybridized carbons (Fsp3) is 1.00. The summed E-state index contributed by atoms with van der Waals surface area (Å²) in [6, 6.07) is 0. The van der Waals surface area contributed by atoms with Crippen LogP contribution in [0.1, 0.15) is 13.3 Å². The van der Waals surface area contributed by atoms with E-state index in [9.17, 15) is 43.2 Å². The molecule has 0 bridgehead atoms.